The maximum atomic E-state index is 12.5. The van der Waals surface area contributed by atoms with Gasteiger partial charge in [0.15, 0.2) is 6.29 Å². The summed E-state index contributed by atoms with van der Waals surface area (Å²) in [7, 11) is 0. The fourth-order valence-electron chi connectivity index (χ4n) is 7.41. The van der Waals surface area contributed by atoms with E-state index in [4.69, 9.17) is 14.2 Å². The van der Waals surface area contributed by atoms with Crippen LogP contribution >= 0.6 is 0 Å². The smallest absolute Gasteiger partial charge is 0.266 e. The van der Waals surface area contributed by atoms with Crippen LogP contribution in [0.5, 0.6) is 0 Å². The highest BCUT2D eigenvalue weighted by molar-refractivity contribution is 4.92. The van der Waals surface area contributed by atoms with Crippen LogP contribution in [0.3, 0.4) is 0 Å². The minimum Gasteiger partial charge on any atom is -0.378 e. The van der Waals surface area contributed by atoms with E-state index in [0.29, 0.717) is 17.9 Å². The summed E-state index contributed by atoms with van der Waals surface area (Å²) < 4.78 is 43.5. The van der Waals surface area contributed by atoms with E-state index in [2.05, 4.69) is 19.1 Å². The lowest BCUT2D eigenvalue weighted by atomic mass is 9.67. The molecule has 1 heterocycles. The molecule has 3 aliphatic carbocycles. The van der Waals surface area contributed by atoms with Gasteiger partial charge in [-0.3, -0.25) is 0 Å². The number of hydrogen-bond acceptors (Lipinski definition) is 3. The molecule has 0 aromatic carbocycles. The van der Waals surface area contributed by atoms with Gasteiger partial charge in [-0.2, -0.15) is 8.78 Å². The first kappa shape index (κ1) is 28.2. The summed E-state index contributed by atoms with van der Waals surface area (Å²) in [6.45, 7) is 4.60. The number of ether oxygens (including phenoxy) is 3. The second kappa shape index (κ2) is 15.0. The molecule has 0 spiro atoms. The maximum Gasteiger partial charge on any atom is 0.266 e. The first-order chi connectivity index (χ1) is 17.6. The molecular formula is C31H50F2O3. The van der Waals surface area contributed by atoms with Crippen LogP contribution in [0.4, 0.5) is 8.78 Å². The SMILES string of the molecule is C/C=C\CC1CCC(OCCCC2OCC(C3CCC(C4CCC(C=C(F)F)CC4)CC3)CO2)CC1. The Morgan fingerprint density at radius 3 is 1.94 bits per heavy atom. The Bertz CT molecular complexity index is 659. The molecular weight excluding hydrogens is 458 g/mol. The summed E-state index contributed by atoms with van der Waals surface area (Å²) in [6.07, 6.45) is 22.0. The van der Waals surface area contributed by atoms with Crippen LogP contribution in [-0.4, -0.2) is 32.2 Å². The van der Waals surface area contributed by atoms with Gasteiger partial charge in [-0.15, -0.1) is 0 Å². The Morgan fingerprint density at radius 1 is 0.778 bits per heavy atom. The molecule has 3 nitrogen and oxygen atoms in total. The van der Waals surface area contributed by atoms with Crippen molar-refractivity contribution in [3.8, 4) is 0 Å². The van der Waals surface area contributed by atoms with Gasteiger partial charge in [-0.05, 0) is 132 Å². The highest BCUT2D eigenvalue weighted by Crippen LogP contribution is 2.44. The predicted molar refractivity (Wildman–Crippen MR) is 141 cm³/mol. The van der Waals surface area contributed by atoms with Crippen molar-refractivity contribution in [1.29, 1.82) is 0 Å². The van der Waals surface area contributed by atoms with Crippen molar-refractivity contribution in [3.63, 3.8) is 0 Å². The third-order valence-corrected chi connectivity index (χ3v) is 9.76. The van der Waals surface area contributed by atoms with Gasteiger partial charge in [0.2, 0.25) is 0 Å². The van der Waals surface area contributed by atoms with Crippen LogP contribution in [0.2, 0.25) is 0 Å². The monoisotopic (exact) mass is 508 g/mol. The van der Waals surface area contributed by atoms with Gasteiger partial charge in [-0.25, -0.2) is 0 Å². The van der Waals surface area contributed by atoms with Crippen LogP contribution in [0.25, 0.3) is 0 Å². The molecule has 0 aromatic heterocycles. The van der Waals surface area contributed by atoms with Crippen LogP contribution in [0.1, 0.15) is 103 Å². The fraction of sp³-hybridized carbons (Fsp3) is 0.871. The minimum atomic E-state index is -1.50. The minimum absolute atomic E-state index is 0.0591. The number of hydrogen-bond donors (Lipinski definition) is 0. The average molecular weight is 509 g/mol. The first-order valence-corrected chi connectivity index (χ1v) is 15.1. The lowest BCUT2D eigenvalue weighted by Gasteiger charge is -2.41. The largest absolute Gasteiger partial charge is 0.378 e. The van der Waals surface area contributed by atoms with E-state index in [1.165, 1.54) is 63.9 Å². The molecule has 206 valence electrons. The van der Waals surface area contributed by atoms with Gasteiger partial charge < -0.3 is 14.2 Å². The number of allylic oxidation sites excluding steroid dienone is 3. The third kappa shape index (κ3) is 8.91. The molecule has 5 heteroatoms. The molecule has 36 heavy (non-hydrogen) atoms. The van der Waals surface area contributed by atoms with Gasteiger partial charge in [0, 0.05) is 18.9 Å². The standard InChI is InChI=1S/C31H50F2O3/c1-2-3-5-23-9-17-29(18-10-23)34-19-4-6-31-35-21-28(22-36-31)27-15-13-26(14-16-27)25-11-7-24(8-12-25)20-30(32)33/h2-3,20,23-29,31H,4-19,21-22H2,1H3/b3-2-. The quantitative estimate of drug-likeness (QED) is 0.218. The van der Waals surface area contributed by atoms with E-state index in [1.54, 1.807) is 0 Å². The van der Waals surface area contributed by atoms with Gasteiger partial charge in [0.25, 0.3) is 6.08 Å². The third-order valence-electron chi connectivity index (χ3n) is 9.76. The number of rotatable bonds is 10. The average Bonchev–Trinajstić information content (AvgIpc) is 2.91. The van der Waals surface area contributed by atoms with Crippen molar-refractivity contribution in [3.05, 3.63) is 24.3 Å². The molecule has 4 aliphatic rings. The highest BCUT2D eigenvalue weighted by atomic mass is 19.3. The lowest BCUT2D eigenvalue weighted by Crippen LogP contribution is -2.38. The Labute approximate surface area is 218 Å². The molecule has 4 fully saturated rings. The summed E-state index contributed by atoms with van der Waals surface area (Å²) >= 11 is 0. The number of halogens is 2. The predicted octanol–water partition coefficient (Wildman–Crippen LogP) is 8.69. The Kier molecular flexibility index (Phi) is 11.7. The van der Waals surface area contributed by atoms with Crippen LogP contribution in [0.15, 0.2) is 24.3 Å². The molecule has 1 saturated heterocycles. The van der Waals surface area contributed by atoms with E-state index in [9.17, 15) is 8.78 Å². The molecule has 0 aromatic rings. The maximum absolute atomic E-state index is 12.5. The first-order valence-electron chi connectivity index (χ1n) is 15.1. The zero-order valence-electron chi connectivity index (χ0n) is 22.6. The van der Waals surface area contributed by atoms with Gasteiger partial charge in [-0.1, -0.05) is 12.2 Å². The van der Waals surface area contributed by atoms with E-state index >= 15 is 0 Å². The normalized spacial score (nSPS) is 38.2. The van der Waals surface area contributed by atoms with Gasteiger partial charge >= 0.3 is 0 Å². The van der Waals surface area contributed by atoms with Crippen LogP contribution in [0, 0.1) is 35.5 Å². The Hall–Kier alpha value is -0.780. The van der Waals surface area contributed by atoms with Crippen molar-refractivity contribution in [2.24, 2.45) is 35.5 Å². The molecule has 1 aliphatic heterocycles. The zero-order valence-corrected chi connectivity index (χ0v) is 22.6. The van der Waals surface area contributed by atoms with E-state index in [1.807, 2.05) is 0 Å². The summed E-state index contributed by atoms with van der Waals surface area (Å²) in [5.74, 6) is 3.75. The molecule has 0 bridgehead atoms. The van der Waals surface area contributed by atoms with Gasteiger partial charge in [0.1, 0.15) is 0 Å². The van der Waals surface area contributed by atoms with Crippen LogP contribution in [-0.2, 0) is 14.2 Å². The van der Waals surface area contributed by atoms with Crippen molar-refractivity contribution in [2.75, 3.05) is 19.8 Å². The summed E-state index contributed by atoms with van der Waals surface area (Å²) in [4.78, 5) is 0. The molecule has 0 radical (unpaired) electrons. The molecule has 4 rings (SSSR count). The topological polar surface area (TPSA) is 27.7 Å². The summed E-state index contributed by atoms with van der Waals surface area (Å²) in [6, 6.07) is 0. The summed E-state index contributed by atoms with van der Waals surface area (Å²) in [5.41, 5.74) is 0. The molecule has 0 atom stereocenters. The van der Waals surface area contributed by atoms with E-state index in [0.717, 1.165) is 76.1 Å². The molecule has 0 unspecified atom stereocenters. The van der Waals surface area contributed by atoms with E-state index < -0.39 is 6.08 Å². The second-order valence-electron chi connectivity index (χ2n) is 12.1. The van der Waals surface area contributed by atoms with Crippen molar-refractivity contribution >= 4 is 0 Å². The highest BCUT2D eigenvalue weighted by Gasteiger charge is 2.35. The summed E-state index contributed by atoms with van der Waals surface area (Å²) in [5, 5.41) is 0. The lowest BCUT2D eigenvalue weighted by molar-refractivity contribution is -0.214. The van der Waals surface area contributed by atoms with E-state index in [-0.39, 0.29) is 12.2 Å². The van der Waals surface area contributed by atoms with Crippen LogP contribution < -0.4 is 0 Å². The van der Waals surface area contributed by atoms with Crippen molar-refractivity contribution < 1.29 is 23.0 Å². The van der Waals surface area contributed by atoms with Gasteiger partial charge in [0.05, 0.1) is 19.3 Å². The Morgan fingerprint density at radius 2 is 1.36 bits per heavy atom. The molecule has 0 amide bonds. The fourth-order valence-corrected chi connectivity index (χ4v) is 7.41. The molecule has 0 N–H and O–H groups in total. The zero-order chi connectivity index (χ0) is 25.2. The molecule has 3 saturated carbocycles. The van der Waals surface area contributed by atoms with Crippen molar-refractivity contribution in [2.45, 2.75) is 116 Å². The second-order valence-corrected chi connectivity index (χ2v) is 12.1. The Balaban J connectivity index is 1.03. The van der Waals surface area contributed by atoms with Crippen molar-refractivity contribution in [1.82, 2.24) is 0 Å².